The van der Waals surface area contributed by atoms with E-state index >= 15 is 0 Å². The second-order valence-corrected chi connectivity index (χ2v) is 4.96. The SMILES string of the molecule is CC(C)c1ccn(C(=O)n2ccc(C(C)C)n2)n1. The molecule has 0 saturated carbocycles. The van der Waals surface area contributed by atoms with Crippen molar-refractivity contribution in [3.8, 4) is 0 Å². The number of carbonyl (C=O) groups excluding carboxylic acids is 1. The third-order valence-electron chi connectivity index (χ3n) is 2.79. The Morgan fingerprint density at radius 2 is 1.33 bits per heavy atom. The monoisotopic (exact) mass is 246 g/mol. The summed E-state index contributed by atoms with van der Waals surface area (Å²) >= 11 is 0. The van der Waals surface area contributed by atoms with Crippen LogP contribution in [0.25, 0.3) is 0 Å². The Morgan fingerprint density at radius 3 is 1.61 bits per heavy atom. The highest BCUT2D eigenvalue weighted by molar-refractivity contribution is 5.77. The molecule has 0 N–H and O–H groups in total. The van der Waals surface area contributed by atoms with Gasteiger partial charge in [-0.3, -0.25) is 0 Å². The van der Waals surface area contributed by atoms with E-state index < -0.39 is 0 Å². The number of hydrogen-bond acceptors (Lipinski definition) is 3. The average molecular weight is 246 g/mol. The number of nitrogens with zero attached hydrogens (tertiary/aromatic N) is 4. The average Bonchev–Trinajstić information content (AvgIpc) is 2.97. The van der Waals surface area contributed by atoms with Crippen LogP contribution < -0.4 is 0 Å². The third kappa shape index (κ3) is 2.34. The Kier molecular flexibility index (Phi) is 3.32. The molecule has 0 fully saturated rings. The van der Waals surface area contributed by atoms with Gasteiger partial charge in [0.15, 0.2) is 0 Å². The fourth-order valence-electron chi connectivity index (χ4n) is 1.61. The first-order valence-corrected chi connectivity index (χ1v) is 6.15. The molecule has 2 heterocycles. The molecule has 0 bridgehead atoms. The van der Waals surface area contributed by atoms with Crippen LogP contribution in [0.5, 0.6) is 0 Å². The minimum Gasteiger partial charge on any atom is -0.244 e. The van der Waals surface area contributed by atoms with Gasteiger partial charge >= 0.3 is 6.03 Å². The standard InChI is InChI=1S/C13H18N4O/c1-9(2)11-5-7-16(14-11)13(18)17-8-6-12(15-17)10(3)4/h5-10H,1-4H3. The lowest BCUT2D eigenvalue weighted by molar-refractivity contribution is 0.238. The summed E-state index contributed by atoms with van der Waals surface area (Å²) in [5.41, 5.74) is 1.80. The number of hydrogen-bond donors (Lipinski definition) is 0. The molecule has 0 aromatic carbocycles. The molecule has 5 heteroatoms. The summed E-state index contributed by atoms with van der Waals surface area (Å²) < 4.78 is 2.65. The first-order valence-electron chi connectivity index (χ1n) is 6.15. The number of rotatable bonds is 2. The van der Waals surface area contributed by atoms with E-state index in [-0.39, 0.29) is 6.03 Å². The first kappa shape index (κ1) is 12.5. The van der Waals surface area contributed by atoms with Crippen LogP contribution in [0.15, 0.2) is 24.5 Å². The van der Waals surface area contributed by atoms with E-state index in [1.165, 1.54) is 9.36 Å². The molecular formula is C13H18N4O. The molecule has 0 radical (unpaired) electrons. The van der Waals surface area contributed by atoms with Gasteiger partial charge in [0.1, 0.15) is 0 Å². The molecule has 0 atom stereocenters. The smallest absolute Gasteiger partial charge is 0.244 e. The Bertz CT molecular complexity index is 503. The lowest BCUT2D eigenvalue weighted by Gasteiger charge is -2.02. The van der Waals surface area contributed by atoms with Crippen molar-refractivity contribution in [3.63, 3.8) is 0 Å². The van der Waals surface area contributed by atoms with Gasteiger partial charge in [0.2, 0.25) is 0 Å². The normalized spacial score (nSPS) is 11.4. The zero-order valence-corrected chi connectivity index (χ0v) is 11.2. The summed E-state index contributed by atoms with van der Waals surface area (Å²) in [5.74, 6) is 0.616. The zero-order chi connectivity index (χ0) is 13.3. The van der Waals surface area contributed by atoms with Gasteiger partial charge in [-0.1, -0.05) is 27.7 Å². The molecule has 18 heavy (non-hydrogen) atoms. The Hall–Kier alpha value is -1.91. The lowest BCUT2D eigenvalue weighted by atomic mass is 10.1. The minimum absolute atomic E-state index is 0.256. The molecule has 0 aliphatic rings. The van der Waals surface area contributed by atoms with Crippen molar-refractivity contribution in [3.05, 3.63) is 35.9 Å². The quantitative estimate of drug-likeness (QED) is 0.818. The van der Waals surface area contributed by atoms with E-state index in [1.807, 2.05) is 39.8 Å². The molecule has 0 unspecified atom stereocenters. The summed E-state index contributed by atoms with van der Waals surface area (Å²) in [4.78, 5) is 12.1. The van der Waals surface area contributed by atoms with Crippen LogP contribution in [0.2, 0.25) is 0 Å². The molecule has 0 aliphatic carbocycles. The largest absolute Gasteiger partial charge is 0.369 e. The van der Waals surface area contributed by atoms with Crippen molar-refractivity contribution in [2.24, 2.45) is 0 Å². The van der Waals surface area contributed by atoms with Crippen molar-refractivity contribution in [1.82, 2.24) is 19.6 Å². The van der Waals surface area contributed by atoms with Crippen molar-refractivity contribution in [2.75, 3.05) is 0 Å². The maximum absolute atomic E-state index is 12.1. The van der Waals surface area contributed by atoms with Gasteiger partial charge in [-0.2, -0.15) is 19.6 Å². The van der Waals surface area contributed by atoms with Crippen LogP contribution in [0.1, 0.15) is 50.9 Å². The van der Waals surface area contributed by atoms with E-state index in [0.717, 1.165) is 11.4 Å². The van der Waals surface area contributed by atoms with E-state index in [4.69, 9.17) is 0 Å². The second-order valence-electron chi connectivity index (χ2n) is 4.96. The predicted molar refractivity (Wildman–Crippen MR) is 68.8 cm³/mol. The fraction of sp³-hybridized carbons (Fsp3) is 0.462. The second kappa shape index (κ2) is 4.76. The summed E-state index contributed by atoms with van der Waals surface area (Å²) in [6.45, 7) is 8.17. The highest BCUT2D eigenvalue weighted by Crippen LogP contribution is 2.12. The molecule has 96 valence electrons. The van der Waals surface area contributed by atoms with E-state index in [9.17, 15) is 4.79 Å². The highest BCUT2D eigenvalue weighted by Gasteiger charge is 2.13. The van der Waals surface area contributed by atoms with Crippen LogP contribution >= 0.6 is 0 Å². The number of carbonyl (C=O) groups is 1. The molecule has 0 saturated heterocycles. The van der Waals surface area contributed by atoms with Crippen molar-refractivity contribution in [1.29, 1.82) is 0 Å². The van der Waals surface area contributed by atoms with Gasteiger partial charge in [0.05, 0.1) is 11.4 Å². The molecule has 2 rings (SSSR count). The molecule has 2 aromatic rings. The highest BCUT2D eigenvalue weighted by atomic mass is 16.2. The molecule has 0 aliphatic heterocycles. The van der Waals surface area contributed by atoms with Gasteiger partial charge in [-0.25, -0.2) is 4.79 Å². The van der Waals surface area contributed by atoms with Gasteiger partial charge in [0, 0.05) is 12.4 Å². The van der Waals surface area contributed by atoms with Gasteiger partial charge in [-0.15, -0.1) is 0 Å². The van der Waals surface area contributed by atoms with Crippen LogP contribution in [0.4, 0.5) is 4.79 Å². The zero-order valence-electron chi connectivity index (χ0n) is 11.2. The fourth-order valence-corrected chi connectivity index (χ4v) is 1.61. The third-order valence-corrected chi connectivity index (χ3v) is 2.79. The molecule has 2 aromatic heterocycles. The lowest BCUT2D eigenvalue weighted by Crippen LogP contribution is -2.21. The van der Waals surface area contributed by atoms with Crippen LogP contribution in [0.3, 0.4) is 0 Å². The van der Waals surface area contributed by atoms with Crippen LogP contribution in [-0.2, 0) is 0 Å². The summed E-state index contributed by atoms with van der Waals surface area (Å²) in [6, 6.07) is 3.46. The Labute approximate surface area is 106 Å². The Balaban J connectivity index is 2.24. The van der Waals surface area contributed by atoms with Crippen LogP contribution in [-0.4, -0.2) is 25.6 Å². The van der Waals surface area contributed by atoms with Gasteiger partial charge in [-0.05, 0) is 24.0 Å². The van der Waals surface area contributed by atoms with E-state index in [2.05, 4.69) is 10.2 Å². The van der Waals surface area contributed by atoms with Crippen LogP contribution in [0, 0.1) is 0 Å². The van der Waals surface area contributed by atoms with E-state index in [0.29, 0.717) is 11.8 Å². The summed E-state index contributed by atoms with van der Waals surface area (Å²) in [7, 11) is 0. The summed E-state index contributed by atoms with van der Waals surface area (Å²) in [5, 5.41) is 8.49. The maximum atomic E-state index is 12.1. The summed E-state index contributed by atoms with van der Waals surface area (Å²) in [6.07, 6.45) is 3.35. The minimum atomic E-state index is -0.256. The predicted octanol–water partition coefficient (Wildman–Crippen LogP) is 2.84. The topological polar surface area (TPSA) is 52.7 Å². The maximum Gasteiger partial charge on any atom is 0.369 e. The first-order chi connectivity index (χ1) is 8.49. The van der Waals surface area contributed by atoms with Gasteiger partial charge in [0.25, 0.3) is 0 Å². The molecule has 0 amide bonds. The van der Waals surface area contributed by atoms with E-state index in [1.54, 1.807) is 12.4 Å². The molecule has 5 nitrogen and oxygen atoms in total. The molecular weight excluding hydrogens is 228 g/mol. The van der Waals surface area contributed by atoms with Gasteiger partial charge < -0.3 is 0 Å². The van der Waals surface area contributed by atoms with Crippen molar-refractivity contribution >= 4 is 6.03 Å². The molecule has 0 spiro atoms. The Morgan fingerprint density at radius 1 is 0.944 bits per heavy atom. The van der Waals surface area contributed by atoms with Crippen molar-refractivity contribution < 1.29 is 4.79 Å². The van der Waals surface area contributed by atoms with Crippen molar-refractivity contribution in [2.45, 2.75) is 39.5 Å². The number of aromatic nitrogens is 4.